The number of pyridine rings is 1. The van der Waals surface area contributed by atoms with E-state index in [0.29, 0.717) is 18.1 Å². The quantitative estimate of drug-likeness (QED) is 0.587. The molecule has 1 aromatic heterocycles. The fraction of sp³-hybridized carbons (Fsp3) is 0.0909. The fourth-order valence-electron chi connectivity index (χ4n) is 0.888. The van der Waals surface area contributed by atoms with E-state index in [4.69, 9.17) is 9.84 Å². The van der Waals surface area contributed by atoms with Crippen molar-refractivity contribution < 1.29 is 14.6 Å². The van der Waals surface area contributed by atoms with Crippen molar-refractivity contribution in [2.24, 2.45) is 0 Å². The molecule has 1 N–H and O–H groups in total. The summed E-state index contributed by atoms with van der Waals surface area (Å²) in [6.07, 6.45) is 5.62. The highest BCUT2D eigenvalue weighted by molar-refractivity contribution is 5.84. The van der Waals surface area contributed by atoms with Gasteiger partial charge in [0.25, 0.3) is 0 Å². The largest absolute Gasteiger partial charge is 0.488 e. The third-order valence-electron chi connectivity index (χ3n) is 1.52. The molecule has 0 aliphatic heterocycles. The van der Waals surface area contributed by atoms with Crippen molar-refractivity contribution in [3.63, 3.8) is 0 Å². The van der Waals surface area contributed by atoms with E-state index in [9.17, 15) is 4.79 Å². The van der Waals surface area contributed by atoms with Gasteiger partial charge in [-0.1, -0.05) is 12.7 Å². The van der Waals surface area contributed by atoms with Gasteiger partial charge in [0.1, 0.15) is 12.4 Å². The van der Waals surface area contributed by atoms with E-state index >= 15 is 0 Å². The Hall–Kier alpha value is -2.10. The van der Waals surface area contributed by atoms with Gasteiger partial charge in [-0.25, -0.2) is 4.79 Å². The predicted molar refractivity (Wildman–Crippen MR) is 56.6 cm³/mol. The summed E-state index contributed by atoms with van der Waals surface area (Å²) in [5.41, 5.74) is 0.573. The number of nitrogens with zero attached hydrogens (tertiary/aromatic N) is 1. The summed E-state index contributed by atoms with van der Waals surface area (Å²) in [6.45, 7) is 3.94. The van der Waals surface area contributed by atoms with Gasteiger partial charge >= 0.3 is 5.97 Å². The maximum absolute atomic E-state index is 10.2. The SMILES string of the molecule is C=CCOc1ccc(C=CC(=O)O)nc1. The van der Waals surface area contributed by atoms with Crippen molar-refractivity contribution in [1.82, 2.24) is 4.98 Å². The highest BCUT2D eigenvalue weighted by Crippen LogP contribution is 2.09. The highest BCUT2D eigenvalue weighted by Gasteiger charge is 1.93. The Morgan fingerprint density at radius 3 is 2.93 bits per heavy atom. The lowest BCUT2D eigenvalue weighted by atomic mass is 10.3. The molecule has 0 saturated heterocycles. The Labute approximate surface area is 87.5 Å². The van der Waals surface area contributed by atoms with Crippen molar-refractivity contribution in [3.05, 3.63) is 42.8 Å². The zero-order chi connectivity index (χ0) is 11.1. The van der Waals surface area contributed by atoms with Crippen LogP contribution in [0.5, 0.6) is 5.75 Å². The second-order valence-electron chi connectivity index (χ2n) is 2.69. The molecule has 0 radical (unpaired) electrons. The Balaban J connectivity index is 2.63. The number of carbonyl (C=O) groups is 1. The maximum Gasteiger partial charge on any atom is 0.328 e. The van der Waals surface area contributed by atoms with Crippen LogP contribution in [0.25, 0.3) is 6.08 Å². The first-order valence-corrected chi connectivity index (χ1v) is 4.33. The summed E-state index contributed by atoms with van der Waals surface area (Å²) in [6, 6.07) is 3.40. The van der Waals surface area contributed by atoms with Gasteiger partial charge in [0, 0.05) is 6.08 Å². The molecule has 0 spiro atoms. The molecule has 0 saturated carbocycles. The van der Waals surface area contributed by atoms with E-state index in [1.54, 1.807) is 18.2 Å². The summed E-state index contributed by atoms with van der Waals surface area (Å²) in [5.74, 6) is -0.369. The Bertz CT molecular complexity index is 368. The lowest BCUT2D eigenvalue weighted by Crippen LogP contribution is -1.93. The molecular formula is C11H11NO3. The Morgan fingerprint density at radius 2 is 2.40 bits per heavy atom. The summed E-state index contributed by atoms with van der Waals surface area (Å²) in [7, 11) is 0. The molecule has 4 nitrogen and oxygen atoms in total. The van der Waals surface area contributed by atoms with Crippen LogP contribution in [-0.2, 0) is 4.79 Å². The van der Waals surface area contributed by atoms with Crippen LogP contribution in [0, 0.1) is 0 Å². The van der Waals surface area contributed by atoms with Crippen LogP contribution in [0.1, 0.15) is 5.69 Å². The summed E-state index contributed by atoms with van der Waals surface area (Å²) < 4.78 is 5.21. The van der Waals surface area contributed by atoms with Gasteiger partial charge in [0.05, 0.1) is 11.9 Å². The van der Waals surface area contributed by atoms with E-state index in [0.717, 1.165) is 6.08 Å². The minimum absolute atomic E-state index is 0.423. The van der Waals surface area contributed by atoms with E-state index < -0.39 is 5.97 Å². The lowest BCUT2D eigenvalue weighted by molar-refractivity contribution is -0.131. The van der Waals surface area contributed by atoms with Gasteiger partial charge in [0.15, 0.2) is 0 Å². The third kappa shape index (κ3) is 4.08. The summed E-state index contributed by atoms with van der Waals surface area (Å²) in [5, 5.41) is 8.40. The van der Waals surface area contributed by atoms with Gasteiger partial charge in [-0.15, -0.1) is 0 Å². The molecule has 4 heteroatoms. The minimum Gasteiger partial charge on any atom is -0.488 e. The second-order valence-corrected chi connectivity index (χ2v) is 2.69. The maximum atomic E-state index is 10.2. The second kappa shape index (κ2) is 5.59. The Morgan fingerprint density at radius 1 is 1.60 bits per heavy atom. The third-order valence-corrected chi connectivity index (χ3v) is 1.52. The number of hydrogen-bond donors (Lipinski definition) is 1. The normalized spacial score (nSPS) is 10.1. The average molecular weight is 205 g/mol. The predicted octanol–water partition coefficient (Wildman–Crippen LogP) is 1.74. The Kier molecular flexibility index (Phi) is 4.09. The summed E-state index contributed by atoms with van der Waals surface area (Å²) >= 11 is 0. The smallest absolute Gasteiger partial charge is 0.328 e. The van der Waals surface area contributed by atoms with Gasteiger partial charge in [-0.05, 0) is 18.2 Å². The first-order chi connectivity index (χ1) is 7.22. The molecule has 0 fully saturated rings. The number of carboxylic acids is 1. The van der Waals surface area contributed by atoms with Crippen molar-refractivity contribution >= 4 is 12.0 Å². The van der Waals surface area contributed by atoms with E-state index in [2.05, 4.69) is 11.6 Å². The van der Waals surface area contributed by atoms with Crippen LogP contribution >= 0.6 is 0 Å². The molecule has 0 amide bonds. The molecule has 78 valence electrons. The van der Waals surface area contributed by atoms with Gasteiger partial charge in [-0.3, -0.25) is 4.98 Å². The molecule has 1 heterocycles. The molecule has 0 unspecified atom stereocenters. The molecule has 0 atom stereocenters. The van der Waals surface area contributed by atoms with E-state index in [-0.39, 0.29) is 0 Å². The molecule has 1 aromatic rings. The summed E-state index contributed by atoms with van der Waals surface area (Å²) in [4.78, 5) is 14.2. The van der Waals surface area contributed by atoms with Crippen molar-refractivity contribution in [2.75, 3.05) is 6.61 Å². The number of hydrogen-bond acceptors (Lipinski definition) is 3. The number of ether oxygens (including phenoxy) is 1. The van der Waals surface area contributed by atoms with Crippen molar-refractivity contribution in [3.8, 4) is 5.75 Å². The van der Waals surface area contributed by atoms with Gasteiger partial charge < -0.3 is 9.84 Å². The van der Waals surface area contributed by atoms with E-state index in [1.807, 2.05) is 0 Å². The van der Waals surface area contributed by atoms with Crippen LogP contribution in [0.2, 0.25) is 0 Å². The lowest BCUT2D eigenvalue weighted by Gasteiger charge is -2.01. The van der Waals surface area contributed by atoms with Crippen LogP contribution in [-0.4, -0.2) is 22.7 Å². The van der Waals surface area contributed by atoms with Crippen molar-refractivity contribution in [2.45, 2.75) is 0 Å². The van der Waals surface area contributed by atoms with Crippen molar-refractivity contribution in [1.29, 1.82) is 0 Å². The molecule has 1 rings (SSSR count). The van der Waals surface area contributed by atoms with E-state index in [1.165, 1.54) is 12.3 Å². The zero-order valence-electron chi connectivity index (χ0n) is 8.09. The van der Waals surface area contributed by atoms with Crippen LogP contribution in [0.4, 0.5) is 0 Å². The fourth-order valence-corrected chi connectivity index (χ4v) is 0.888. The molecule has 0 aliphatic carbocycles. The average Bonchev–Trinajstić information content (AvgIpc) is 2.25. The molecule has 0 aliphatic rings. The first-order valence-electron chi connectivity index (χ1n) is 4.33. The van der Waals surface area contributed by atoms with Crippen LogP contribution in [0.3, 0.4) is 0 Å². The number of carboxylic acid groups (broad SMARTS) is 1. The molecular weight excluding hydrogens is 194 g/mol. The topological polar surface area (TPSA) is 59.4 Å². The molecule has 0 aromatic carbocycles. The minimum atomic E-state index is -0.996. The molecule has 15 heavy (non-hydrogen) atoms. The number of rotatable bonds is 5. The first kappa shape index (κ1) is 11.0. The monoisotopic (exact) mass is 205 g/mol. The van der Waals surface area contributed by atoms with Gasteiger partial charge in [-0.2, -0.15) is 0 Å². The molecule has 0 bridgehead atoms. The number of aliphatic carboxylic acids is 1. The van der Waals surface area contributed by atoms with Crippen LogP contribution in [0.15, 0.2) is 37.1 Å². The standard InChI is InChI=1S/C11H11NO3/c1-2-7-15-10-5-3-9(12-8-10)4-6-11(13)14/h2-6,8H,1,7H2,(H,13,14). The van der Waals surface area contributed by atoms with Crippen LogP contribution < -0.4 is 4.74 Å². The number of aromatic nitrogens is 1. The highest BCUT2D eigenvalue weighted by atomic mass is 16.5. The van der Waals surface area contributed by atoms with Gasteiger partial charge in [0.2, 0.25) is 0 Å². The zero-order valence-corrected chi connectivity index (χ0v) is 8.09.